The monoisotopic (exact) mass is 185 g/mol. The van der Waals surface area contributed by atoms with Crippen LogP contribution in [-0.2, 0) is 6.54 Å². The summed E-state index contributed by atoms with van der Waals surface area (Å²) >= 11 is 1.64. The highest BCUT2D eigenvalue weighted by atomic mass is 32.1. The minimum absolute atomic E-state index is 0.512. The van der Waals surface area contributed by atoms with Crippen molar-refractivity contribution >= 4 is 11.3 Å². The SMILES string of the molecule is CCC(CC)c1nnc(CN)s1. The molecule has 0 saturated carbocycles. The molecule has 0 amide bonds. The highest BCUT2D eigenvalue weighted by Gasteiger charge is 2.11. The van der Waals surface area contributed by atoms with Gasteiger partial charge in [-0.25, -0.2) is 0 Å². The average Bonchev–Trinajstić information content (AvgIpc) is 2.55. The van der Waals surface area contributed by atoms with E-state index in [2.05, 4.69) is 24.0 Å². The molecular weight excluding hydrogens is 170 g/mol. The van der Waals surface area contributed by atoms with Crippen molar-refractivity contribution in [1.82, 2.24) is 10.2 Å². The van der Waals surface area contributed by atoms with Gasteiger partial charge in [-0.3, -0.25) is 0 Å². The summed E-state index contributed by atoms with van der Waals surface area (Å²) in [5, 5.41) is 10.2. The molecule has 2 N–H and O–H groups in total. The fourth-order valence-electron chi connectivity index (χ4n) is 1.15. The molecule has 0 aromatic carbocycles. The Morgan fingerprint density at radius 3 is 2.42 bits per heavy atom. The molecule has 0 spiro atoms. The maximum Gasteiger partial charge on any atom is 0.131 e. The Labute approximate surface area is 77.0 Å². The Morgan fingerprint density at radius 2 is 2.00 bits per heavy atom. The molecule has 12 heavy (non-hydrogen) atoms. The van der Waals surface area contributed by atoms with Crippen molar-refractivity contribution in [2.75, 3.05) is 0 Å². The molecule has 3 nitrogen and oxygen atoms in total. The zero-order chi connectivity index (χ0) is 8.97. The summed E-state index contributed by atoms with van der Waals surface area (Å²) in [6, 6.07) is 0. The van der Waals surface area contributed by atoms with Crippen molar-refractivity contribution in [2.24, 2.45) is 5.73 Å². The lowest BCUT2D eigenvalue weighted by Crippen LogP contribution is -1.94. The van der Waals surface area contributed by atoms with Crippen molar-refractivity contribution in [3.05, 3.63) is 10.0 Å². The largest absolute Gasteiger partial charge is 0.324 e. The maximum absolute atomic E-state index is 5.45. The van der Waals surface area contributed by atoms with E-state index in [1.54, 1.807) is 11.3 Å². The molecule has 1 aromatic heterocycles. The molecule has 0 aliphatic heterocycles. The van der Waals surface area contributed by atoms with Gasteiger partial charge in [0.2, 0.25) is 0 Å². The van der Waals surface area contributed by atoms with Crippen LogP contribution < -0.4 is 5.73 Å². The molecule has 0 aliphatic carbocycles. The average molecular weight is 185 g/mol. The first-order chi connectivity index (χ1) is 5.81. The van der Waals surface area contributed by atoms with E-state index in [0.29, 0.717) is 12.5 Å². The molecule has 68 valence electrons. The molecule has 0 saturated heterocycles. The molecule has 0 radical (unpaired) electrons. The van der Waals surface area contributed by atoms with Gasteiger partial charge in [0.15, 0.2) is 0 Å². The van der Waals surface area contributed by atoms with E-state index in [0.717, 1.165) is 22.9 Å². The van der Waals surface area contributed by atoms with Crippen LogP contribution in [0.25, 0.3) is 0 Å². The lowest BCUT2D eigenvalue weighted by molar-refractivity contribution is 0.630. The molecule has 1 rings (SSSR count). The van der Waals surface area contributed by atoms with Crippen LogP contribution in [-0.4, -0.2) is 10.2 Å². The number of aromatic nitrogens is 2. The van der Waals surface area contributed by atoms with Gasteiger partial charge in [-0.2, -0.15) is 0 Å². The Morgan fingerprint density at radius 1 is 1.33 bits per heavy atom. The summed E-state index contributed by atoms with van der Waals surface area (Å²) in [7, 11) is 0. The van der Waals surface area contributed by atoms with Gasteiger partial charge < -0.3 is 5.73 Å². The smallest absolute Gasteiger partial charge is 0.131 e. The van der Waals surface area contributed by atoms with E-state index in [-0.39, 0.29) is 0 Å². The molecule has 0 unspecified atom stereocenters. The van der Waals surface area contributed by atoms with E-state index in [9.17, 15) is 0 Å². The summed E-state index contributed by atoms with van der Waals surface area (Å²) < 4.78 is 0. The predicted octanol–water partition coefficient (Wildman–Crippen LogP) is 1.90. The number of rotatable bonds is 4. The van der Waals surface area contributed by atoms with Crippen LogP contribution in [0.1, 0.15) is 42.6 Å². The first-order valence-corrected chi connectivity index (χ1v) is 5.15. The second-order valence-corrected chi connectivity index (χ2v) is 3.85. The van der Waals surface area contributed by atoms with Crippen molar-refractivity contribution in [2.45, 2.75) is 39.2 Å². The number of nitrogens with two attached hydrogens (primary N) is 1. The van der Waals surface area contributed by atoms with Crippen LogP contribution in [0.4, 0.5) is 0 Å². The van der Waals surface area contributed by atoms with Gasteiger partial charge in [-0.05, 0) is 12.8 Å². The third-order valence-electron chi connectivity index (χ3n) is 1.99. The van der Waals surface area contributed by atoms with Crippen LogP contribution >= 0.6 is 11.3 Å². The lowest BCUT2D eigenvalue weighted by Gasteiger charge is -2.05. The van der Waals surface area contributed by atoms with E-state index in [1.807, 2.05) is 0 Å². The molecule has 1 aromatic rings. The molecule has 0 bridgehead atoms. The predicted molar refractivity (Wildman–Crippen MR) is 51.1 cm³/mol. The fourth-order valence-corrected chi connectivity index (χ4v) is 2.14. The van der Waals surface area contributed by atoms with E-state index in [4.69, 9.17) is 5.73 Å². The van der Waals surface area contributed by atoms with Gasteiger partial charge in [0, 0.05) is 12.5 Å². The minimum atomic E-state index is 0.512. The van der Waals surface area contributed by atoms with E-state index >= 15 is 0 Å². The zero-order valence-electron chi connectivity index (χ0n) is 7.58. The quantitative estimate of drug-likeness (QED) is 0.779. The molecular formula is C8H15N3S. The van der Waals surface area contributed by atoms with Crippen LogP contribution in [0, 0.1) is 0 Å². The first kappa shape index (κ1) is 9.61. The summed E-state index contributed by atoms with van der Waals surface area (Å²) in [5.41, 5.74) is 5.45. The topological polar surface area (TPSA) is 51.8 Å². The van der Waals surface area contributed by atoms with Gasteiger partial charge in [0.1, 0.15) is 10.0 Å². The van der Waals surface area contributed by atoms with Crippen molar-refractivity contribution < 1.29 is 0 Å². The number of nitrogens with zero attached hydrogens (tertiary/aromatic N) is 2. The Kier molecular flexibility index (Phi) is 3.62. The normalized spacial score (nSPS) is 11.0. The summed E-state index contributed by atoms with van der Waals surface area (Å²) in [4.78, 5) is 0. The van der Waals surface area contributed by atoms with E-state index < -0.39 is 0 Å². The van der Waals surface area contributed by atoms with Crippen LogP contribution in [0.2, 0.25) is 0 Å². The summed E-state index contributed by atoms with van der Waals surface area (Å²) in [6.07, 6.45) is 2.27. The fraction of sp³-hybridized carbons (Fsp3) is 0.750. The third kappa shape index (κ3) is 2.01. The highest BCUT2D eigenvalue weighted by molar-refractivity contribution is 7.11. The summed E-state index contributed by atoms with van der Waals surface area (Å²) in [5.74, 6) is 0.572. The number of hydrogen-bond donors (Lipinski definition) is 1. The Balaban J connectivity index is 2.72. The van der Waals surface area contributed by atoms with Gasteiger partial charge in [0.05, 0.1) is 0 Å². The van der Waals surface area contributed by atoms with Crippen molar-refractivity contribution in [3.8, 4) is 0 Å². The van der Waals surface area contributed by atoms with Gasteiger partial charge in [-0.15, -0.1) is 10.2 Å². The standard InChI is InChI=1S/C8H15N3S/c1-3-6(4-2)8-11-10-7(5-9)12-8/h6H,3-5,9H2,1-2H3. The molecule has 1 heterocycles. The zero-order valence-corrected chi connectivity index (χ0v) is 8.40. The van der Waals surface area contributed by atoms with Crippen LogP contribution in [0.15, 0.2) is 0 Å². The molecule has 0 aliphatic rings. The maximum atomic E-state index is 5.45. The molecule has 0 fully saturated rings. The molecule has 0 atom stereocenters. The summed E-state index contributed by atoms with van der Waals surface area (Å²) in [6.45, 7) is 4.87. The first-order valence-electron chi connectivity index (χ1n) is 4.34. The van der Waals surface area contributed by atoms with Gasteiger partial charge in [-0.1, -0.05) is 25.2 Å². The lowest BCUT2D eigenvalue weighted by atomic mass is 10.1. The van der Waals surface area contributed by atoms with Gasteiger partial charge in [0.25, 0.3) is 0 Å². The Bertz CT molecular complexity index is 230. The second-order valence-electron chi connectivity index (χ2n) is 2.75. The van der Waals surface area contributed by atoms with Crippen LogP contribution in [0.5, 0.6) is 0 Å². The van der Waals surface area contributed by atoms with Crippen LogP contribution in [0.3, 0.4) is 0 Å². The second kappa shape index (κ2) is 4.52. The van der Waals surface area contributed by atoms with Crippen molar-refractivity contribution in [3.63, 3.8) is 0 Å². The van der Waals surface area contributed by atoms with Gasteiger partial charge >= 0.3 is 0 Å². The molecule has 4 heteroatoms. The highest BCUT2D eigenvalue weighted by Crippen LogP contribution is 2.25. The van der Waals surface area contributed by atoms with Crippen molar-refractivity contribution in [1.29, 1.82) is 0 Å². The van der Waals surface area contributed by atoms with E-state index in [1.165, 1.54) is 0 Å². The Hall–Kier alpha value is -0.480. The number of hydrogen-bond acceptors (Lipinski definition) is 4. The minimum Gasteiger partial charge on any atom is -0.324 e. The third-order valence-corrected chi connectivity index (χ3v) is 3.10.